The molecule has 0 unspecified atom stereocenters. The van der Waals surface area contributed by atoms with E-state index in [-0.39, 0.29) is 11.9 Å². The van der Waals surface area contributed by atoms with Crippen LogP contribution in [0.1, 0.15) is 30.9 Å². The van der Waals surface area contributed by atoms with E-state index in [0.717, 1.165) is 31.6 Å². The quantitative estimate of drug-likeness (QED) is 0.846. The van der Waals surface area contributed by atoms with E-state index < -0.39 is 0 Å². The molecule has 1 aliphatic heterocycles. The van der Waals surface area contributed by atoms with E-state index in [1.54, 1.807) is 6.20 Å². The predicted octanol–water partition coefficient (Wildman–Crippen LogP) is 2.16. The molecule has 0 radical (unpaired) electrons. The third-order valence-electron chi connectivity index (χ3n) is 4.13. The summed E-state index contributed by atoms with van der Waals surface area (Å²) < 4.78 is 1.84. The maximum absolute atomic E-state index is 12.4. The van der Waals surface area contributed by atoms with E-state index in [2.05, 4.69) is 10.4 Å². The highest BCUT2D eigenvalue weighted by Crippen LogP contribution is 2.15. The van der Waals surface area contributed by atoms with Crippen LogP contribution < -0.4 is 5.32 Å². The fourth-order valence-corrected chi connectivity index (χ4v) is 2.83. The highest BCUT2D eigenvalue weighted by atomic mass is 16.7. The molecule has 0 saturated carbocycles. The average molecular weight is 328 g/mol. The number of rotatable bonds is 7. The second kappa shape index (κ2) is 8.61. The number of nitrogens with zero attached hydrogens (tertiary/aromatic N) is 3. The van der Waals surface area contributed by atoms with Crippen LogP contribution in [0, 0.1) is 0 Å². The predicted molar refractivity (Wildman–Crippen MR) is 90.9 cm³/mol. The lowest BCUT2D eigenvalue weighted by molar-refractivity contribution is -0.181. The zero-order valence-electron chi connectivity index (χ0n) is 13.8. The minimum Gasteiger partial charge on any atom is -0.347 e. The zero-order chi connectivity index (χ0) is 16.6. The molecular formula is C18H24N4O2. The number of hydroxylamine groups is 2. The number of benzene rings is 1. The SMILES string of the molecule is O=C(CCN1CCCCO1)N[C@H](Cn1cccn1)c1ccccc1. The number of amides is 1. The Hall–Kier alpha value is -2.18. The third-order valence-corrected chi connectivity index (χ3v) is 4.13. The Balaban J connectivity index is 1.57. The van der Waals surface area contributed by atoms with Gasteiger partial charge in [-0.3, -0.25) is 14.3 Å². The first-order valence-electron chi connectivity index (χ1n) is 8.51. The van der Waals surface area contributed by atoms with Crippen LogP contribution >= 0.6 is 0 Å². The monoisotopic (exact) mass is 328 g/mol. The van der Waals surface area contributed by atoms with Crippen LogP contribution in [0.2, 0.25) is 0 Å². The molecule has 1 fully saturated rings. The fraction of sp³-hybridized carbons (Fsp3) is 0.444. The van der Waals surface area contributed by atoms with Crippen LogP contribution in [0.4, 0.5) is 0 Å². The van der Waals surface area contributed by atoms with Crippen LogP contribution in [-0.4, -0.2) is 40.4 Å². The molecular weight excluding hydrogens is 304 g/mol. The normalized spacial score (nSPS) is 16.7. The number of hydrogen-bond acceptors (Lipinski definition) is 4. The summed E-state index contributed by atoms with van der Waals surface area (Å²) in [5, 5.41) is 9.27. The smallest absolute Gasteiger partial charge is 0.221 e. The Morgan fingerprint density at radius 3 is 2.83 bits per heavy atom. The van der Waals surface area contributed by atoms with Crippen molar-refractivity contribution in [1.82, 2.24) is 20.2 Å². The molecule has 1 saturated heterocycles. The fourth-order valence-electron chi connectivity index (χ4n) is 2.83. The number of aromatic nitrogens is 2. The first-order chi connectivity index (χ1) is 11.8. The molecule has 1 aromatic heterocycles. The summed E-state index contributed by atoms with van der Waals surface area (Å²) >= 11 is 0. The largest absolute Gasteiger partial charge is 0.347 e. The van der Waals surface area contributed by atoms with Gasteiger partial charge in [-0.25, -0.2) is 0 Å². The van der Waals surface area contributed by atoms with Gasteiger partial charge in [-0.15, -0.1) is 0 Å². The van der Waals surface area contributed by atoms with Gasteiger partial charge in [0.25, 0.3) is 0 Å². The minimum atomic E-state index is -0.0964. The van der Waals surface area contributed by atoms with Gasteiger partial charge in [0.2, 0.25) is 5.91 Å². The van der Waals surface area contributed by atoms with E-state index in [0.29, 0.717) is 19.5 Å². The molecule has 6 nitrogen and oxygen atoms in total. The summed E-state index contributed by atoms with van der Waals surface area (Å²) in [5.41, 5.74) is 1.08. The van der Waals surface area contributed by atoms with E-state index >= 15 is 0 Å². The first kappa shape index (κ1) is 16.7. The van der Waals surface area contributed by atoms with Gasteiger partial charge in [0.15, 0.2) is 0 Å². The Morgan fingerprint density at radius 1 is 1.25 bits per heavy atom. The standard InChI is InChI=1S/C18H24N4O2/c23-18(9-13-22-12-4-5-14-24-22)20-17(15-21-11-6-10-19-21)16-7-2-1-3-8-16/h1-3,6-8,10-11,17H,4-5,9,12-15H2,(H,20,23)/t17-/m1/s1. The summed E-state index contributed by atoms with van der Waals surface area (Å²) in [4.78, 5) is 17.9. The lowest BCUT2D eigenvalue weighted by Gasteiger charge is -2.26. The van der Waals surface area contributed by atoms with Crippen molar-refractivity contribution < 1.29 is 9.63 Å². The molecule has 2 aromatic rings. The molecule has 128 valence electrons. The van der Waals surface area contributed by atoms with Gasteiger partial charge in [-0.05, 0) is 24.5 Å². The molecule has 0 spiro atoms. The Bertz CT molecular complexity index is 609. The molecule has 1 aliphatic rings. The Morgan fingerprint density at radius 2 is 2.12 bits per heavy atom. The Labute approximate surface area is 142 Å². The molecule has 3 rings (SSSR count). The van der Waals surface area contributed by atoms with E-state index in [1.807, 2.05) is 52.3 Å². The van der Waals surface area contributed by atoms with Crippen LogP contribution in [0.15, 0.2) is 48.8 Å². The minimum absolute atomic E-state index is 0.0326. The van der Waals surface area contributed by atoms with E-state index in [4.69, 9.17) is 4.84 Å². The lowest BCUT2D eigenvalue weighted by atomic mass is 10.1. The van der Waals surface area contributed by atoms with Gasteiger partial charge in [0.05, 0.1) is 19.2 Å². The van der Waals surface area contributed by atoms with Gasteiger partial charge in [-0.2, -0.15) is 10.2 Å². The van der Waals surface area contributed by atoms with Gasteiger partial charge in [0.1, 0.15) is 0 Å². The maximum Gasteiger partial charge on any atom is 0.221 e. The molecule has 2 heterocycles. The second-order valence-electron chi connectivity index (χ2n) is 5.98. The summed E-state index contributed by atoms with van der Waals surface area (Å²) in [7, 11) is 0. The molecule has 1 amide bonds. The Kier molecular flexibility index (Phi) is 5.98. The number of nitrogens with one attached hydrogen (secondary N) is 1. The van der Waals surface area contributed by atoms with Crippen LogP contribution in [-0.2, 0) is 16.2 Å². The number of carbonyl (C=O) groups is 1. The van der Waals surface area contributed by atoms with Crippen molar-refractivity contribution in [3.63, 3.8) is 0 Å². The van der Waals surface area contributed by atoms with Crippen molar-refractivity contribution in [2.24, 2.45) is 0 Å². The second-order valence-corrected chi connectivity index (χ2v) is 5.98. The highest BCUT2D eigenvalue weighted by Gasteiger charge is 2.17. The molecule has 6 heteroatoms. The van der Waals surface area contributed by atoms with Crippen LogP contribution in [0.5, 0.6) is 0 Å². The maximum atomic E-state index is 12.4. The average Bonchev–Trinajstić information content (AvgIpc) is 3.14. The topological polar surface area (TPSA) is 59.4 Å². The van der Waals surface area contributed by atoms with E-state index in [9.17, 15) is 4.79 Å². The summed E-state index contributed by atoms with van der Waals surface area (Å²) in [5.74, 6) is 0.0326. The molecule has 1 aromatic carbocycles. The van der Waals surface area contributed by atoms with Gasteiger partial charge in [0, 0.05) is 31.9 Å². The molecule has 24 heavy (non-hydrogen) atoms. The van der Waals surface area contributed by atoms with Gasteiger partial charge >= 0.3 is 0 Å². The van der Waals surface area contributed by atoms with E-state index in [1.165, 1.54) is 0 Å². The zero-order valence-corrected chi connectivity index (χ0v) is 13.8. The molecule has 1 atom stereocenters. The van der Waals surface area contributed by atoms with Crippen LogP contribution in [0.25, 0.3) is 0 Å². The summed E-state index contributed by atoms with van der Waals surface area (Å²) in [6.45, 7) is 2.91. The van der Waals surface area contributed by atoms with Crippen molar-refractivity contribution in [1.29, 1.82) is 0 Å². The number of carbonyl (C=O) groups excluding carboxylic acids is 1. The molecule has 0 bridgehead atoms. The first-order valence-corrected chi connectivity index (χ1v) is 8.51. The van der Waals surface area contributed by atoms with Gasteiger partial charge in [-0.1, -0.05) is 30.3 Å². The highest BCUT2D eigenvalue weighted by molar-refractivity contribution is 5.76. The summed E-state index contributed by atoms with van der Waals surface area (Å²) in [6, 6.07) is 11.8. The van der Waals surface area contributed by atoms with Crippen molar-refractivity contribution in [3.05, 3.63) is 54.4 Å². The molecule has 1 N–H and O–H groups in total. The number of hydrogen-bond donors (Lipinski definition) is 1. The lowest BCUT2D eigenvalue weighted by Crippen LogP contribution is -2.36. The third kappa shape index (κ3) is 4.91. The van der Waals surface area contributed by atoms with Gasteiger partial charge < -0.3 is 5.32 Å². The van der Waals surface area contributed by atoms with Crippen LogP contribution in [0.3, 0.4) is 0 Å². The van der Waals surface area contributed by atoms with Crippen molar-refractivity contribution in [3.8, 4) is 0 Å². The summed E-state index contributed by atoms with van der Waals surface area (Å²) in [6.07, 6.45) is 6.32. The molecule has 0 aliphatic carbocycles. The van der Waals surface area contributed by atoms with Crippen molar-refractivity contribution >= 4 is 5.91 Å². The van der Waals surface area contributed by atoms with Crippen molar-refractivity contribution in [2.45, 2.75) is 31.8 Å². The van der Waals surface area contributed by atoms with Crippen molar-refractivity contribution in [2.75, 3.05) is 19.7 Å².